The number of aromatic hydroxyl groups is 1. The van der Waals surface area contributed by atoms with Crippen LogP contribution in [-0.4, -0.2) is 27.5 Å². The zero-order chi connectivity index (χ0) is 26.9. The van der Waals surface area contributed by atoms with E-state index in [0.717, 1.165) is 25.4 Å². The summed E-state index contributed by atoms with van der Waals surface area (Å²) in [7, 11) is 0. The Morgan fingerprint density at radius 2 is 1.28 bits per heavy atom. The summed E-state index contributed by atoms with van der Waals surface area (Å²) in [5.74, 6) is 0.570. The summed E-state index contributed by atoms with van der Waals surface area (Å²) in [4.78, 5) is 33.9. The van der Waals surface area contributed by atoms with Gasteiger partial charge in [-0.3, -0.25) is 9.59 Å². The molecule has 9 heteroatoms. The molecule has 36 heavy (non-hydrogen) atoms. The summed E-state index contributed by atoms with van der Waals surface area (Å²) in [6, 6.07) is 2.59. The second kappa shape index (κ2) is 13.0. The van der Waals surface area contributed by atoms with Crippen LogP contribution < -0.4 is 10.9 Å². The van der Waals surface area contributed by atoms with Crippen LogP contribution in [0.15, 0.2) is 48.3 Å². The summed E-state index contributed by atoms with van der Waals surface area (Å²) in [5.41, 5.74) is -1.58. The molecule has 0 fully saturated rings. The highest BCUT2D eigenvalue weighted by Gasteiger charge is 2.24. The van der Waals surface area contributed by atoms with Crippen LogP contribution in [0, 0.1) is 15.7 Å². The van der Waals surface area contributed by atoms with Gasteiger partial charge in [-0.15, -0.1) is 4.91 Å². The fraction of sp³-hybridized carbons (Fsp3) is 0.630. The van der Waals surface area contributed by atoms with Crippen molar-refractivity contribution in [3.8, 4) is 5.75 Å². The molecule has 0 amide bonds. The SMILES string of the molecule is CC(C)(CCC(O)CCCC(O)CCC(C)(C)Cc1cc(=O)c(N=O)co1)Cc1cc(=O)c(O)co1. The first-order valence-electron chi connectivity index (χ1n) is 12.4. The molecule has 2 unspecified atom stereocenters. The fourth-order valence-corrected chi connectivity index (χ4v) is 4.25. The molecule has 200 valence electrons. The zero-order valence-electron chi connectivity index (χ0n) is 21.7. The molecule has 2 atom stereocenters. The van der Waals surface area contributed by atoms with Crippen LogP contribution in [-0.2, 0) is 12.8 Å². The lowest BCUT2D eigenvalue weighted by Crippen LogP contribution is -2.20. The van der Waals surface area contributed by atoms with Gasteiger partial charge in [-0.25, -0.2) is 0 Å². The molecule has 0 saturated heterocycles. The molecule has 0 bridgehead atoms. The average molecular weight is 506 g/mol. The van der Waals surface area contributed by atoms with Crippen molar-refractivity contribution in [2.75, 3.05) is 0 Å². The average Bonchev–Trinajstić information content (AvgIpc) is 2.79. The summed E-state index contributed by atoms with van der Waals surface area (Å²) in [6.45, 7) is 8.13. The molecule has 2 aromatic rings. The van der Waals surface area contributed by atoms with Crippen LogP contribution in [0.25, 0.3) is 0 Å². The lowest BCUT2D eigenvalue weighted by atomic mass is 9.81. The number of nitrogens with zero attached hydrogens (tertiary/aromatic N) is 1. The Kier molecular flexibility index (Phi) is 10.6. The molecule has 2 rings (SSSR count). The number of nitroso groups, excluding NO2 is 1. The highest BCUT2D eigenvalue weighted by Crippen LogP contribution is 2.30. The smallest absolute Gasteiger partial charge is 0.226 e. The van der Waals surface area contributed by atoms with E-state index < -0.39 is 28.8 Å². The van der Waals surface area contributed by atoms with Crippen molar-refractivity contribution in [1.29, 1.82) is 0 Å². The predicted molar refractivity (Wildman–Crippen MR) is 136 cm³/mol. The Morgan fingerprint density at radius 3 is 1.72 bits per heavy atom. The highest BCUT2D eigenvalue weighted by molar-refractivity contribution is 5.32. The maximum absolute atomic E-state index is 11.8. The van der Waals surface area contributed by atoms with Gasteiger partial charge in [-0.1, -0.05) is 27.7 Å². The molecule has 0 radical (unpaired) electrons. The predicted octanol–water partition coefficient (Wildman–Crippen LogP) is 4.99. The van der Waals surface area contributed by atoms with Gasteiger partial charge in [0.2, 0.25) is 10.9 Å². The molecular weight excluding hydrogens is 466 g/mol. The van der Waals surface area contributed by atoms with Gasteiger partial charge >= 0.3 is 0 Å². The van der Waals surface area contributed by atoms with Gasteiger partial charge in [0.15, 0.2) is 11.4 Å². The Bertz CT molecular complexity index is 1100. The number of hydrogen-bond acceptors (Lipinski definition) is 9. The fourth-order valence-electron chi connectivity index (χ4n) is 4.25. The second-order valence-corrected chi connectivity index (χ2v) is 11.3. The van der Waals surface area contributed by atoms with E-state index in [4.69, 9.17) is 8.83 Å². The molecule has 3 N–H and O–H groups in total. The molecule has 9 nitrogen and oxygen atoms in total. The minimum atomic E-state index is -0.487. The molecule has 0 spiro atoms. The molecule has 0 aromatic carbocycles. The van der Waals surface area contributed by atoms with Crippen LogP contribution in [0.3, 0.4) is 0 Å². The zero-order valence-corrected chi connectivity index (χ0v) is 21.7. The van der Waals surface area contributed by atoms with E-state index in [1.165, 1.54) is 12.1 Å². The topological polar surface area (TPSA) is 151 Å². The monoisotopic (exact) mass is 505 g/mol. The summed E-state index contributed by atoms with van der Waals surface area (Å²) in [6.07, 6.45) is 6.69. The van der Waals surface area contributed by atoms with Gasteiger partial charge in [0.05, 0.1) is 12.2 Å². The molecule has 2 heterocycles. The third kappa shape index (κ3) is 10.1. The first kappa shape index (κ1) is 29.5. The van der Waals surface area contributed by atoms with Gasteiger partial charge in [0.1, 0.15) is 24.0 Å². The van der Waals surface area contributed by atoms with E-state index in [2.05, 4.69) is 5.18 Å². The van der Waals surface area contributed by atoms with Gasteiger partial charge in [0, 0.05) is 25.0 Å². The Hall–Kier alpha value is -2.78. The Morgan fingerprint density at radius 1 is 0.806 bits per heavy atom. The van der Waals surface area contributed by atoms with Crippen molar-refractivity contribution >= 4 is 5.69 Å². The van der Waals surface area contributed by atoms with Crippen LogP contribution in [0.5, 0.6) is 5.75 Å². The lowest BCUT2D eigenvalue weighted by molar-refractivity contribution is 0.105. The van der Waals surface area contributed by atoms with E-state index in [0.29, 0.717) is 56.5 Å². The molecule has 0 aliphatic rings. The summed E-state index contributed by atoms with van der Waals surface area (Å²) < 4.78 is 10.6. The first-order valence-corrected chi connectivity index (χ1v) is 12.4. The van der Waals surface area contributed by atoms with Gasteiger partial charge in [-0.05, 0) is 61.0 Å². The minimum absolute atomic E-state index is 0.192. The third-order valence-corrected chi connectivity index (χ3v) is 6.52. The molecule has 0 aliphatic carbocycles. The molecular formula is C27H39NO8. The summed E-state index contributed by atoms with van der Waals surface area (Å²) in [5, 5.41) is 32.8. The van der Waals surface area contributed by atoms with Gasteiger partial charge in [-0.2, -0.15) is 0 Å². The Labute approximate surface area is 211 Å². The Balaban J connectivity index is 1.68. The maximum atomic E-state index is 11.8. The van der Waals surface area contributed by atoms with Crippen LogP contribution in [0.1, 0.15) is 84.2 Å². The van der Waals surface area contributed by atoms with Crippen molar-refractivity contribution in [1.82, 2.24) is 0 Å². The van der Waals surface area contributed by atoms with Crippen molar-refractivity contribution in [3.63, 3.8) is 0 Å². The maximum Gasteiger partial charge on any atom is 0.226 e. The highest BCUT2D eigenvalue weighted by atomic mass is 16.4. The van der Waals surface area contributed by atoms with Crippen molar-refractivity contribution < 1.29 is 24.2 Å². The van der Waals surface area contributed by atoms with Crippen LogP contribution in [0.4, 0.5) is 5.69 Å². The molecule has 0 saturated carbocycles. The molecule has 2 aromatic heterocycles. The minimum Gasteiger partial charge on any atom is -0.502 e. The lowest BCUT2D eigenvalue weighted by Gasteiger charge is -2.26. The van der Waals surface area contributed by atoms with E-state index >= 15 is 0 Å². The number of aliphatic hydroxyl groups is 2. The van der Waals surface area contributed by atoms with E-state index in [1.807, 2.05) is 27.7 Å². The second-order valence-electron chi connectivity index (χ2n) is 11.3. The first-order chi connectivity index (χ1) is 16.8. The van der Waals surface area contributed by atoms with Crippen LogP contribution >= 0.6 is 0 Å². The normalized spacial score (nSPS) is 13.9. The number of aliphatic hydroxyl groups excluding tert-OH is 2. The van der Waals surface area contributed by atoms with E-state index in [9.17, 15) is 29.8 Å². The van der Waals surface area contributed by atoms with E-state index in [-0.39, 0.29) is 16.5 Å². The standard InChI is InChI=1S/C27H39NO8/c1-26(2,14-20-12-23(31)22(28-34)16-35-20)10-8-18(29)6-5-7-19(30)9-11-27(3,4)15-21-13-24(32)25(33)17-36-21/h12-13,16-19,29-30,33H,5-11,14-15H2,1-4H3. The van der Waals surface area contributed by atoms with Crippen molar-refractivity contribution in [2.24, 2.45) is 16.0 Å². The number of hydrogen-bond donors (Lipinski definition) is 3. The third-order valence-electron chi connectivity index (χ3n) is 6.52. The van der Waals surface area contributed by atoms with Gasteiger partial charge in [0.25, 0.3) is 0 Å². The van der Waals surface area contributed by atoms with E-state index in [1.54, 1.807) is 0 Å². The van der Waals surface area contributed by atoms with Crippen molar-refractivity contribution in [2.45, 2.75) is 97.7 Å². The van der Waals surface area contributed by atoms with Gasteiger partial charge < -0.3 is 24.2 Å². The quantitative estimate of drug-likeness (QED) is 0.287. The number of rotatable bonds is 15. The van der Waals surface area contributed by atoms with Crippen molar-refractivity contribution in [3.05, 3.63) is 61.5 Å². The summed E-state index contributed by atoms with van der Waals surface area (Å²) >= 11 is 0. The van der Waals surface area contributed by atoms with Crippen LogP contribution in [0.2, 0.25) is 0 Å². The largest absolute Gasteiger partial charge is 0.502 e. The molecule has 0 aliphatic heterocycles.